The van der Waals surface area contributed by atoms with Crippen LogP contribution >= 0.6 is 0 Å². The molecule has 1 aliphatic rings. The van der Waals surface area contributed by atoms with E-state index >= 15 is 0 Å². The molecular weight excluding hydrogens is 160 g/mol. The van der Waals surface area contributed by atoms with Crippen LogP contribution in [-0.2, 0) is 4.79 Å². The average Bonchev–Trinajstić information content (AvgIpc) is 2.09. The van der Waals surface area contributed by atoms with Crippen LogP contribution in [-0.4, -0.2) is 5.78 Å². The first-order valence-electron chi connectivity index (χ1n) is 5.33. The maximum absolute atomic E-state index is 11.8. The second kappa shape index (κ2) is 4.59. The fraction of sp³-hybridized carbons (Fsp3) is 0.750. The Balaban J connectivity index is 2.64. The Labute approximate surface area is 81.2 Å². The lowest BCUT2D eigenvalue weighted by atomic mass is 9.74. The minimum atomic E-state index is -0.0951. The van der Waals surface area contributed by atoms with Crippen LogP contribution in [0.2, 0.25) is 0 Å². The molecular formula is C12H20O. The molecule has 0 spiro atoms. The number of hydrogen-bond donors (Lipinski definition) is 0. The monoisotopic (exact) mass is 180 g/mol. The molecule has 0 saturated heterocycles. The van der Waals surface area contributed by atoms with Crippen LogP contribution in [0, 0.1) is 5.41 Å². The third-order valence-electron chi connectivity index (χ3n) is 3.15. The molecule has 0 aromatic rings. The first-order chi connectivity index (χ1) is 6.19. The van der Waals surface area contributed by atoms with Crippen LogP contribution in [0.1, 0.15) is 51.9 Å². The molecule has 0 unspecified atom stereocenters. The van der Waals surface area contributed by atoms with Crippen molar-refractivity contribution in [3.8, 4) is 0 Å². The van der Waals surface area contributed by atoms with Crippen molar-refractivity contribution in [3.05, 3.63) is 12.7 Å². The van der Waals surface area contributed by atoms with Gasteiger partial charge in [0, 0.05) is 11.8 Å². The highest BCUT2D eigenvalue weighted by Gasteiger charge is 2.31. The van der Waals surface area contributed by atoms with Gasteiger partial charge in [-0.25, -0.2) is 0 Å². The third kappa shape index (κ3) is 2.68. The minimum Gasteiger partial charge on any atom is -0.299 e. The number of carbonyl (C=O) groups is 1. The van der Waals surface area contributed by atoms with E-state index in [9.17, 15) is 4.79 Å². The summed E-state index contributed by atoms with van der Waals surface area (Å²) in [6.45, 7) is 5.84. The summed E-state index contributed by atoms with van der Waals surface area (Å²) in [4.78, 5) is 11.8. The number of ketones is 1. The van der Waals surface area contributed by atoms with Gasteiger partial charge in [-0.15, -0.1) is 6.58 Å². The third-order valence-corrected chi connectivity index (χ3v) is 3.15. The van der Waals surface area contributed by atoms with Crippen molar-refractivity contribution in [1.82, 2.24) is 0 Å². The number of rotatable bonds is 2. The average molecular weight is 180 g/mol. The topological polar surface area (TPSA) is 17.1 Å². The molecule has 1 aliphatic carbocycles. The van der Waals surface area contributed by atoms with Crippen molar-refractivity contribution in [2.24, 2.45) is 5.41 Å². The number of carbonyl (C=O) groups excluding carboxylic acids is 1. The van der Waals surface area contributed by atoms with Gasteiger partial charge in [-0.2, -0.15) is 0 Å². The van der Waals surface area contributed by atoms with Gasteiger partial charge in [0.1, 0.15) is 5.78 Å². The quantitative estimate of drug-likeness (QED) is 0.594. The lowest BCUT2D eigenvalue weighted by molar-refractivity contribution is -0.128. The molecule has 1 saturated carbocycles. The number of hydrogen-bond acceptors (Lipinski definition) is 1. The molecule has 0 radical (unpaired) electrons. The van der Waals surface area contributed by atoms with Gasteiger partial charge in [0.15, 0.2) is 0 Å². The van der Waals surface area contributed by atoms with E-state index in [1.54, 1.807) is 0 Å². The smallest absolute Gasteiger partial charge is 0.139 e. The van der Waals surface area contributed by atoms with Gasteiger partial charge < -0.3 is 0 Å². The molecule has 1 heteroatoms. The molecule has 1 nitrogen and oxygen atoms in total. The second-order valence-electron chi connectivity index (χ2n) is 4.39. The largest absolute Gasteiger partial charge is 0.299 e. The first-order valence-corrected chi connectivity index (χ1v) is 5.33. The van der Waals surface area contributed by atoms with E-state index < -0.39 is 0 Å². The summed E-state index contributed by atoms with van der Waals surface area (Å²) in [6, 6.07) is 0. The molecule has 13 heavy (non-hydrogen) atoms. The van der Waals surface area contributed by atoms with Gasteiger partial charge in [-0.3, -0.25) is 4.79 Å². The number of allylic oxidation sites excluding steroid dienone is 1. The fourth-order valence-electron chi connectivity index (χ4n) is 2.13. The Kier molecular flexibility index (Phi) is 3.71. The summed E-state index contributed by atoms with van der Waals surface area (Å²) in [5, 5.41) is 0. The van der Waals surface area contributed by atoms with E-state index in [0.29, 0.717) is 5.78 Å². The summed E-state index contributed by atoms with van der Waals surface area (Å²) in [6.07, 6.45) is 9.39. The predicted octanol–water partition coefficient (Wildman–Crippen LogP) is 3.49. The van der Waals surface area contributed by atoms with Gasteiger partial charge in [0.2, 0.25) is 0 Å². The number of Topliss-reactive ketones (excluding diaryl/α,β-unsaturated/α-hetero) is 1. The van der Waals surface area contributed by atoms with Crippen LogP contribution in [0.5, 0.6) is 0 Å². The molecule has 0 amide bonds. The van der Waals surface area contributed by atoms with Crippen molar-refractivity contribution in [3.63, 3.8) is 0 Å². The Hall–Kier alpha value is -0.590. The summed E-state index contributed by atoms with van der Waals surface area (Å²) in [7, 11) is 0. The van der Waals surface area contributed by atoms with Crippen molar-refractivity contribution >= 4 is 5.78 Å². The van der Waals surface area contributed by atoms with Crippen molar-refractivity contribution in [2.45, 2.75) is 51.9 Å². The zero-order valence-corrected chi connectivity index (χ0v) is 8.64. The Bertz CT molecular complexity index is 195. The van der Waals surface area contributed by atoms with Crippen LogP contribution in [0.4, 0.5) is 0 Å². The van der Waals surface area contributed by atoms with Crippen LogP contribution in [0.25, 0.3) is 0 Å². The fourth-order valence-corrected chi connectivity index (χ4v) is 2.13. The van der Waals surface area contributed by atoms with Crippen LogP contribution in [0.15, 0.2) is 12.7 Å². The van der Waals surface area contributed by atoms with Crippen LogP contribution in [0.3, 0.4) is 0 Å². The molecule has 0 heterocycles. The van der Waals surface area contributed by atoms with Gasteiger partial charge in [0.25, 0.3) is 0 Å². The van der Waals surface area contributed by atoms with Crippen LogP contribution < -0.4 is 0 Å². The van der Waals surface area contributed by atoms with E-state index in [-0.39, 0.29) is 5.41 Å². The van der Waals surface area contributed by atoms with Gasteiger partial charge in [-0.05, 0) is 19.3 Å². The maximum Gasteiger partial charge on any atom is 0.139 e. The summed E-state index contributed by atoms with van der Waals surface area (Å²) in [5.74, 6) is 0.451. The highest BCUT2D eigenvalue weighted by atomic mass is 16.1. The maximum atomic E-state index is 11.8. The van der Waals surface area contributed by atoms with E-state index in [4.69, 9.17) is 0 Å². The van der Waals surface area contributed by atoms with Crippen molar-refractivity contribution in [2.75, 3.05) is 0 Å². The molecule has 1 rings (SSSR count). The molecule has 0 aromatic heterocycles. The second-order valence-corrected chi connectivity index (χ2v) is 4.39. The van der Waals surface area contributed by atoms with E-state index in [2.05, 4.69) is 13.5 Å². The lowest BCUT2D eigenvalue weighted by Crippen LogP contribution is -2.28. The zero-order chi connectivity index (χ0) is 9.73. The first kappa shape index (κ1) is 10.5. The van der Waals surface area contributed by atoms with E-state index in [1.807, 2.05) is 6.08 Å². The zero-order valence-electron chi connectivity index (χ0n) is 8.64. The van der Waals surface area contributed by atoms with Crippen molar-refractivity contribution in [1.29, 1.82) is 0 Å². The van der Waals surface area contributed by atoms with E-state index in [1.165, 1.54) is 19.3 Å². The molecule has 1 fully saturated rings. The lowest BCUT2D eigenvalue weighted by Gasteiger charge is -2.28. The molecule has 74 valence electrons. The SMILES string of the molecule is C=CC[C@]1(C)CCCCCCC1=O. The van der Waals surface area contributed by atoms with E-state index in [0.717, 1.165) is 25.7 Å². The van der Waals surface area contributed by atoms with Gasteiger partial charge in [-0.1, -0.05) is 32.3 Å². The summed E-state index contributed by atoms with van der Waals surface area (Å²) < 4.78 is 0. The molecule has 0 aliphatic heterocycles. The molecule has 0 aromatic carbocycles. The molecule has 0 N–H and O–H groups in total. The molecule has 1 atom stereocenters. The van der Waals surface area contributed by atoms with Crippen molar-refractivity contribution < 1.29 is 4.79 Å². The highest BCUT2D eigenvalue weighted by Crippen LogP contribution is 2.34. The standard InChI is InChI=1S/C12H20O/c1-3-9-12(2)10-7-5-4-6-8-11(12)13/h3H,1,4-10H2,2H3/t12-/m1/s1. The molecule has 0 bridgehead atoms. The Morgan fingerprint density at radius 3 is 2.77 bits per heavy atom. The normalized spacial score (nSPS) is 30.7. The summed E-state index contributed by atoms with van der Waals surface area (Å²) >= 11 is 0. The Morgan fingerprint density at radius 2 is 2.08 bits per heavy atom. The highest BCUT2D eigenvalue weighted by molar-refractivity contribution is 5.84. The van der Waals surface area contributed by atoms with Gasteiger partial charge >= 0.3 is 0 Å². The Morgan fingerprint density at radius 1 is 1.38 bits per heavy atom. The predicted molar refractivity (Wildman–Crippen MR) is 55.6 cm³/mol. The minimum absolute atomic E-state index is 0.0951. The van der Waals surface area contributed by atoms with Gasteiger partial charge in [0.05, 0.1) is 0 Å². The summed E-state index contributed by atoms with van der Waals surface area (Å²) in [5.41, 5.74) is -0.0951.